The van der Waals surface area contributed by atoms with Gasteiger partial charge in [0.15, 0.2) is 0 Å². The van der Waals surface area contributed by atoms with E-state index < -0.39 is 5.41 Å². The first-order chi connectivity index (χ1) is 35.0. The molecule has 1 unspecified atom stereocenters. The molecule has 2 heterocycles. The first-order valence-corrected chi connectivity index (χ1v) is 24.8. The van der Waals surface area contributed by atoms with Crippen LogP contribution < -0.4 is 4.90 Å². The second-order valence-electron chi connectivity index (χ2n) is 19.9. The average molecular weight is 907 g/mol. The first kappa shape index (κ1) is 40.0. The first-order valence-electron chi connectivity index (χ1n) is 24.8. The zero-order chi connectivity index (χ0) is 47.0. The highest BCUT2D eigenvalue weighted by atomic mass is 16.3. The monoisotopic (exact) mass is 906 g/mol. The fraction of sp³-hybridized carbons (Fsp3) is 0.0588. The van der Waals surface area contributed by atoms with Crippen molar-refractivity contribution in [2.75, 3.05) is 4.90 Å². The van der Waals surface area contributed by atoms with Gasteiger partial charge in [-0.25, -0.2) is 0 Å². The third-order valence-electron chi connectivity index (χ3n) is 16.0. The predicted molar refractivity (Wildman–Crippen MR) is 292 cm³/mol. The van der Waals surface area contributed by atoms with E-state index in [1.807, 2.05) is 0 Å². The Labute approximate surface area is 413 Å². The van der Waals surface area contributed by atoms with E-state index in [9.17, 15) is 0 Å². The summed E-state index contributed by atoms with van der Waals surface area (Å²) in [6.45, 7) is 4.75. The van der Waals surface area contributed by atoms with Crippen LogP contribution in [0.15, 0.2) is 247 Å². The third kappa shape index (κ3) is 5.38. The van der Waals surface area contributed by atoms with E-state index in [4.69, 9.17) is 4.42 Å². The quantitative estimate of drug-likeness (QED) is 0.166. The number of para-hydroxylation sites is 2. The summed E-state index contributed by atoms with van der Waals surface area (Å²) in [4.78, 5) is 2.51. The molecule has 334 valence electrons. The van der Waals surface area contributed by atoms with Crippen molar-refractivity contribution in [3.8, 4) is 61.5 Å². The Morgan fingerprint density at radius 3 is 1.58 bits per heavy atom. The zero-order valence-corrected chi connectivity index (χ0v) is 39.4. The summed E-state index contributed by atoms with van der Waals surface area (Å²) in [6, 6.07) is 89.3. The van der Waals surface area contributed by atoms with Gasteiger partial charge in [0, 0.05) is 55.5 Å². The lowest BCUT2D eigenvalue weighted by Gasteiger charge is -2.31. The molecule has 0 amide bonds. The topological polar surface area (TPSA) is 21.3 Å². The Morgan fingerprint density at radius 1 is 0.380 bits per heavy atom. The fourth-order valence-corrected chi connectivity index (χ4v) is 13.0. The van der Waals surface area contributed by atoms with E-state index in [1.165, 1.54) is 77.4 Å². The number of anilines is 3. The largest absolute Gasteiger partial charge is 0.458 e. The van der Waals surface area contributed by atoms with Crippen molar-refractivity contribution >= 4 is 38.9 Å². The van der Waals surface area contributed by atoms with Crippen LogP contribution in [0.3, 0.4) is 0 Å². The summed E-state index contributed by atoms with van der Waals surface area (Å²) in [5.41, 5.74) is 23.0. The molecule has 12 aromatic rings. The van der Waals surface area contributed by atoms with Crippen LogP contribution in [0.5, 0.6) is 0 Å². The Hall–Kier alpha value is -8.92. The number of hydrogen-bond donors (Lipinski definition) is 0. The molecule has 0 saturated carbocycles. The van der Waals surface area contributed by atoms with E-state index in [0.29, 0.717) is 0 Å². The molecule has 2 aromatic heterocycles. The van der Waals surface area contributed by atoms with Crippen molar-refractivity contribution < 1.29 is 4.42 Å². The van der Waals surface area contributed by atoms with Gasteiger partial charge in [-0.1, -0.05) is 202 Å². The Bertz CT molecular complexity index is 4080. The number of aromatic nitrogens is 1. The highest BCUT2D eigenvalue weighted by Crippen LogP contribution is 2.67. The highest BCUT2D eigenvalue weighted by Gasteiger charge is 2.56. The van der Waals surface area contributed by atoms with Crippen molar-refractivity contribution in [2.24, 2.45) is 0 Å². The molecule has 3 heteroatoms. The molecule has 1 spiro atoms. The van der Waals surface area contributed by atoms with Crippen LogP contribution in [0.25, 0.3) is 83.3 Å². The summed E-state index contributed by atoms with van der Waals surface area (Å²) in [5.74, 6) is 1.86. The highest BCUT2D eigenvalue weighted by molar-refractivity contribution is 6.10. The van der Waals surface area contributed by atoms with Crippen LogP contribution in [0.1, 0.15) is 47.4 Å². The van der Waals surface area contributed by atoms with E-state index >= 15 is 0 Å². The van der Waals surface area contributed by atoms with Crippen molar-refractivity contribution in [3.05, 3.63) is 276 Å². The number of furan rings is 1. The summed E-state index contributed by atoms with van der Waals surface area (Å²) >= 11 is 0. The molecule has 71 heavy (non-hydrogen) atoms. The normalized spacial score (nSPS) is 15.4. The van der Waals surface area contributed by atoms with Crippen molar-refractivity contribution in [1.82, 2.24) is 4.57 Å². The predicted octanol–water partition coefficient (Wildman–Crippen LogP) is 17.8. The number of benzene rings is 10. The van der Waals surface area contributed by atoms with Gasteiger partial charge >= 0.3 is 0 Å². The van der Waals surface area contributed by atoms with Gasteiger partial charge in [0.05, 0.1) is 16.7 Å². The standard InChI is InChI=1S/C68H46N2O/c1-67(2)54-29-14-9-24-48(54)49-41-40-47(42-58(49)67)69(45-36-38-46(39-37-45)70-59-33-17-12-25-50(59)51-26-13-18-34-60(51)70)61-35-19-32-57-63(61)52-27-10-15-30-55(52)68(57)56-31-16-11-28-53(56)64-62(43-20-5-3-6-21-43)65(71-66(64)68)44-22-7-4-8-23-44/h3-42H,1-2H3. The molecule has 0 aliphatic heterocycles. The average Bonchev–Trinajstić information content (AvgIpc) is 4.20. The fourth-order valence-electron chi connectivity index (χ4n) is 13.0. The van der Waals surface area contributed by atoms with Crippen LogP contribution in [0.4, 0.5) is 17.1 Å². The summed E-state index contributed by atoms with van der Waals surface area (Å²) in [7, 11) is 0. The van der Waals surface area contributed by atoms with Gasteiger partial charge in [0.2, 0.25) is 0 Å². The van der Waals surface area contributed by atoms with Gasteiger partial charge in [0.25, 0.3) is 0 Å². The minimum atomic E-state index is -0.724. The number of rotatable bonds is 6. The molecule has 3 aliphatic rings. The maximum absolute atomic E-state index is 7.60. The maximum atomic E-state index is 7.60. The van der Waals surface area contributed by atoms with Crippen LogP contribution in [-0.4, -0.2) is 4.57 Å². The molecule has 0 bridgehead atoms. The zero-order valence-electron chi connectivity index (χ0n) is 39.4. The van der Waals surface area contributed by atoms with Gasteiger partial charge in [-0.05, 0) is 110 Å². The number of nitrogens with zero attached hydrogens (tertiary/aromatic N) is 2. The van der Waals surface area contributed by atoms with Crippen molar-refractivity contribution in [3.63, 3.8) is 0 Å². The minimum Gasteiger partial charge on any atom is -0.458 e. The molecule has 0 saturated heterocycles. The summed E-state index contributed by atoms with van der Waals surface area (Å²) < 4.78 is 10.0. The lowest BCUT2D eigenvalue weighted by molar-refractivity contribution is 0.485. The molecule has 0 N–H and O–H groups in total. The van der Waals surface area contributed by atoms with Crippen LogP contribution >= 0.6 is 0 Å². The number of hydrogen-bond acceptors (Lipinski definition) is 2. The molecule has 3 nitrogen and oxygen atoms in total. The molecule has 10 aromatic carbocycles. The van der Waals surface area contributed by atoms with Crippen LogP contribution in [0.2, 0.25) is 0 Å². The van der Waals surface area contributed by atoms with Crippen LogP contribution in [-0.2, 0) is 10.8 Å². The summed E-state index contributed by atoms with van der Waals surface area (Å²) in [6.07, 6.45) is 0. The Morgan fingerprint density at radius 2 is 0.901 bits per heavy atom. The van der Waals surface area contributed by atoms with E-state index in [-0.39, 0.29) is 5.41 Å². The van der Waals surface area contributed by atoms with Gasteiger partial charge in [-0.3, -0.25) is 0 Å². The molecule has 1 atom stereocenters. The van der Waals surface area contributed by atoms with E-state index in [2.05, 4.69) is 266 Å². The van der Waals surface area contributed by atoms with Crippen molar-refractivity contribution in [1.29, 1.82) is 0 Å². The van der Waals surface area contributed by atoms with Crippen LogP contribution in [0, 0.1) is 0 Å². The molecule has 0 radical (unpaired) electrons. The molecule has 15 rings (SSSR count). The van der Waals surface area contributed by atoms with Crippen molar-refractivity contribution in [2.45, 2.75) is 24.7 Å². The second kappa shape index (κ2) is 14.8. The van der Waals surface area contributed by atoms with Gasteiger partial charge < -0.3 is 13.9 Å². The lowest BCUT2D eigenvalue weighted by atomic mass is 9.73. The van der Waals surface area contributed by atoms with Gasteiger partial charge in [-0.15, -0.1) is 0 Å². The SMILES string of the molecule is CC1(C)c2ccccc2-c2ccc(N(c3ccc(-n4c5ccccc5c5ccccc54)cc3)c3cccc4c3-c3ccccc3C43c4ccccc4-c4c3oc(-c3ccccc3)c4-c3ccccc3)cc21. The lowest BCUT2D eigenvalue weighted by Crippen LogP contribution is -2.25. The number of fused-ring (bicyclic) bond motifs is 16. The van der Waals surface area contributed by atoms with Gasteiger partial charge in [0.1, 0.15) is 16.9 Å². The molecular weight excluding hydrogens is 861 g/mol. The molecular formula is C68H46N2O. The van der Waals surface area contributed by atoms with Gasteiger partial charge in [-0.2, -0.15) is 0 Å². The molecule has 0 fully saturated rings. The van der Waals surface area contributed by atoms with E-state index in [0.717, 1.165) is 56.5 Å². The Kier molecular flexibility index (Phi) is 8.34. The minimum absolute atomic E-state index is 0.181. The Balaban J connectivity index is 0.995. The second-order valence-corrected chi connectivity index (χ2v) is 19.9. The third-order valence-corrected chi connectivity index (χ3v) is 16.0. The molecule has 3 aliphatic carbocycles. The smallest absolute Gasteiger partial charge is 0.142 e. The maximum Gasteiger partial charge on any atom is 0.142 e. The van der Waals surface area contributed by atoms with E-state index in [1.54, 1.807) is 0 Å². The summed E-state index contributed by atoms with van der Waals surface area (Å²) in [5, 5.41) is 2.51.